The van der Waals surface area contributed by atoms with Gasteiger partial charge in [0.15, 0.2) is 6.61 Å². The summed E-state index contributed by atoms with van der Waals surface area (Å²) in [6.45, 7) is 1.45. The van der Waals surface area contributed by atoms with Crippen LogP contribution in [0.2, 0.25) is 0 Å². The van der Waals surface area contributed by atoms with Crippen molar-refractivity contribution in [3.05, 3.63) is 24.3 Å². The van der Waals surface area contributed by atoms with Gasteiger partial charge in [0, 0.05) is 38.2 Å². The Bertz CT molecular complexity index is 585. The van der Waals surface area contributed by atoms with Crippen molar-refractivity contribution in [1.82, 2.24) is 10.2 Å². The van der Waals surface area contributed by atoms with Crippen molar-refractivity contribution in [2.24, 2.45) is 5.73 Å². The minimum absolute atomic E-state index is 0. The summed E-state index contributed by atoms with van der Waals surface area (Å²) in [7, 11) is 1.58. The van der Waals surface area contributed by atoms with Crippen LogP contribution in [-0.4, -0.2) is 56.1 Å². The number of benzene rings is 1. The summed E-state index contributed by atoms with van der Waals surface area (Å²) in [6.07, 6.45) is 3.21. The molecular weight excluding hydrogens is 358 g/mol. The van der Waals surface area contributed by atoms with Crippen LogP contribution in [0.1, 0.15) is 25.7 Å². The van der Waals surface area contributed by atoms with Crippen LogP contribution in [0.5, 0.6) is 11.5 Å². The van der Waals surface area contributed by atoms with Crippen LogP contribution in [0, 0.1) is 0 Å². The zero-order chi connectivity index (χ0) is 18.1. The third-order valence-electron chi connectivity index (χ3n) is 4.26. The Kier molecular flexibility index (Phi) is 9.83. The standard InChI is InChI=1S/C18H27N3O4.ClH/c1-24-15-6-4-7-16(11-15)25-13-18(23)21-10-3-2-5-14(21)12-20-17(22)8-9-19;/h4,6-7,11,14H,2-3,5,8-10,12-13,19H2,1H3,(H,20,22);1H. The molecule has 8 heteroatoms. The topological polar surface area (TPSA) is 93.9 Å². The third kappa shape index (κ3) is 6.72. The van der Waals surface area contributed by atoms with Gasteiger partial charge in [-0.25, -0.2) is 0 Å². The van der Waals surface area contributed by atoms with Crippen LogP contribution >= 0.6 is 12.4 Å². The predicted octanol–water partition coefficient (Wildman–Crippen LogP) is 1.34. The van der Waals surface area contributed by atoms with Crippen LogP contribution in [0.15, 0.2) is 24.3 Å². The fourth-order valence-corrected chi connectivity index (χ4v) is 2.91. The fraction of sp³-hybridized carbons (Fsp3) is 0.556. The van der Waals surface area contributed by atoms with Crippen molar-refractivity contribution in [2.45, 2.75) is 31.7 Å². The first-order chi connectivity index (χ1) is 12.1. The van der Waals surface area contributed by atoms with Gasteiger partial charge >= 0.3 is 0 Å². The summed E-state index contributed by atoms with van der Waals surface area (Å²) in [4.78, 5) is 26.0. The number of methoxy groups -OCH3 is 1. The van der Waals surface area contributed by atoms with E-state index in [-0.39, 0.29) is 36.9 Å². The lowest BCUT2D eigenvalue weighted by atomic mass is 10.0. The van der Waals surface area contributed by atoms with Gasteiger partial charge in [0.25, 0.3) is 5.91 Å². The number of likely N-dealkylation sites (tertiary alicyclic amines) is 1. The zero-order valence-electron chi connectivity index (χ0n) is 15.1. The molecule has 1 heterocycles. The lowest BCUT2D eigenvalue weighted by Crippen LogP contribution is -2.50. The Morgan fingerprint density at radius 2 is 2.08 bits per heavy atom. The fourth-order valence-electron chi connectivity index (χ4n) is 2.91. The predicted molar refractivity (Wildman–Crippen MR) is 102 cm³/mol. The molecule has 0 bridgehead atoms. The number of nitrogens with one attached hydrogen (secondary N) is 1. The molecule has 1 aromatic rings. The molecule has 0 saturated carbocycles. The molecule has 1 fully saturated rings. The van der Waals surface area contributed by atoms with Crippen LogP contribution in [0.3, 0.4) is 0 Å². The van der Waals surface area contributed by atoms with Gasteiger partial charge in [-0.3, -0.25) is 9.59 Å². The molecular formula is C18H28ClN3O4. The lowest BCUT2D eigenvalue weighted by molar-refractivity contribution is -0.137. The first-order valence-corrected chi connectivity index (χ1v) is 8.67. The summed E-state index contributed by atoms with van der Waals surface area (Å²) in [6, 6.07) is 7.18. The number of piperidine rings is 1. The number of nitrogens with two attached hydrogens (primary N) is 1. The number of carbonyl (C=O) groups excluding carboxylic acids is 2. The van der Waals surface area contributed by atoms with Crippen LogP contribution < -0.4 is 20.5 Å². The monoisotopic (exact) mass is 385 g/mol. The molecule has 1 atom stereocenters. The van der Waals surface area contributed by atoms with Crippen molar-refractivity contribution in [3.63, 3.8) is 0 Å². The van der Waals surface area contributed by atoms with Gasteiger partial charge in [0.2, 0.25) is 5.91 Å². The van der Waals surface area contributed by atoms with E-state index in [1.807, 2.05) is 17.0 Å². The molecule has 0 radical (unpaired) electrons. The molecule has 2 rings (SSSR count). The smallest absolute Gasteiger partial charge is 0.260 e. The van der Waals surface area contributed by atoms with Crippen molar-refractivity contribution in [2.75, 3.05) is 33.4 Å². The quantitative estimate of drug-likeness (QED) is 0.704. The zero-order valence-corrected chi connectivity index (χ0v) is 15.9. The van der Waals surface area contributed by atoms with Crippen LogP contribution in [0.25, 0.3) is 0 Å². The van der Waals surface area contributed by atoms with E-state index in [9.17, 15) is 9.59 Å². The molecule has 3 N–H and O–H groups in total. The third-order valence-corrected chi connectivity index (χ3v) is 4.26. The maximum Gasteiger partial charge on any atom is 0.260 e. The highest BCUT2D eigenvalue weighted by atomic mass is 35.5. The summed E-state index contributed by atoms with van der Waals surface area (Å²) in [5, 5.41) is 2.86. The molecule has 0 spiro atoms. The molecule has 1 unspecified atom stereocenters. The Labute approximate surface area is 160 Å². The second-order valence-electron chi connectivity index (χ2n) is 6.05. The largest absolute Gasteiger partial charge is 0.497 e. The van der Waals surface area contributed by atoms with Gasteiger partial charge in [-0.1, -0.05) is 6.07 Å². The Balaban J connectivity index is 0.00000338. The molecule has 1 aliphatic rings. The number of hydrogen-bond donors (Lipinski definition) is 2. The van der Waals surface area contributed by atoms with Gasteiger partial charge in [-0.15, -0.1) is 12.4 Å². The van der Waals surface area contributed by atoms with E-state index in [0.29, 0.717) is 37.6 Å². The highest BCUT2D eigenvalue weighted by Crippen LogP contribution is 2.20. The van der Waals surface area contributed by atoms with E-state index in [2.05, 4.69) is 5.32 Å². The SMILES string of the molecule is COc1cccc(OCC(=O)N2CCCCC2CNC(=O)CCN)c1.Cl. The summed E-state index contributed by atoms with van der Waals surface area (Å²) < 4.78 is 10.7. The highest BCUT2D eigenvalue weighted by Gasteiger charge is 2.27. The van der Waals surface area contributed by atoms with E-state index in [4.69, 9.17) is 15.2 Å². The van der Waals surface area contributed by atoms with Gasteiger partial charge < -0.3 is 25.4 Å². The number of amides is 2. The van der Waals surface area contributed by atoms with E-state index in [1.54, 1.807) is 19.2 Å². The molecule has 1 aliphatic heterocycles. The van der Waals surface area contributed by atoms with Crippen LogP contribution in [-0.2, 0) is 9.59 Å². The van der Waals surface area contributed by atoms with Gasteiger partial charge in [-0.05, 0) is 31.4 Å². The van der Waals surface area contributed by atoms with Gasteiger partial charge in [0.05, 0.1) is 7.11 Å². The number of rotatable bonds is 8. The molecule has 146 valence electrons. The molecule has 7 nitrogen and oxygen atoms in total. The molecule has 26 heavy (non-hydrogen) atoms. The Morgan fingerprint density at radius 1 is 1.31 bits per heavy atom. The first kappa shape index (κ1) is 22.1. The Hall–Kier alpha value is -1.99. The normalized spacial score (nSPS) is 16.4. The van der Waals surface area contributed by atoms with E-state index >= 15 is 0 Å². The van der Waals surface area contributed by atoms with E-state index in [0.717, 1.165) is 19.3 Å². The average molecular weight is 386 g/mol. The molecule has 0 aliphatic carbocycles. The van der Waals surface area contributed by atoms with E-state index in [1.165, 1.54) is 0 Å². The minimum Gasteiger partial charge on any atom is -0.497 e. The van der Waals surface area contributed by atoms with E-state index < -0.39 is 0 Å². The Morgan fingerprint density at radius 3 is 2.81 bits per heavy atom. The molecule has 2 amide bonds. The molecule has 1 aromatic carbocycles. The first-order valence-electron chi connectivity index (χ1n) is 8.67. The number of halogens is 1. The number of hydrogen-bond acceptors (Lipinski definition) is 5. The van der Waals surface area contributed by atoms with Gasteiger partial charge in [0.1, 0.15) is 11.5 Å². The maximum atomic E-state index is 12.5. The van der Waals surface area contributed by atoms with Crippen LogP contribution in [0.4, 0.5) is 0 Å². The molecule has 1 saturated heterocycles. The minimum atomic E-state index is -0.0758. The van der Waals surface area contributed by atoms with Crippen molar-refractivity contribution in [1.29, 1.82) is 0 Å². The average Bonchev–Trinajstić information content (AvgIpc) is 2.65. The second-order valence-corrected chi connectivity index (χ2v) is 6.05. The summed E-state index contributed by atoms with van der Waals surface area (Å²) >= 11 is 0. The number of nitrogens with zero attached hydrogens (tertiary/aromatic N) is 1. The lowest BCUT2D eigenvalue weighted by Gasteiger charge is -2.35. The van der Waals surface area contributed by atoms with Gasteiger partial charge in [-0.2, -0.15) is 0 Å². The number of ether oxygens (including phenoxy) is 2. The maximum absolute atomic E-state index is 12.5. The van der Waals surface area contributed by atoms with Crippen molar-refractivity contribution < 1.29 is 19.1 Å². The summed E-state index contributed by atoms with van der Waals surface area (Å²) in [5.41, 5.74) is 5.38. The highest BCUT2D eigenvalue weighted by molar-refractivity contribution is 5.85. The van der Waals surface area contributed by atoms with Crippen molar-refractivity contribution in [3.8, 4) is 11.5 Å². The van der Waals surface area contributed by atoms with Crippen molar-refractivity contribution >= 4 is 24.2 Å². The second kappa shape index (κ2) is 11.6. The number of carbonyl (C=O) groups is 2. The molecule has 0 aromatic heterocycles. The summed E-state index contributed by atoms with van der Waals surface area (Å²) in [5.74, 6) is 1.13.